The van der Waals surface area contributed by atoms with E-state index in [0.29, 0.717) is 22.8 Å². The number of fused-ring (bicyclic) bond motifs is 2. The van der Waals surface area contributed by atoms with E-state index in [0.717, 1.165) is 22.3 Å². The molecule has 1 aromatic rings. The van der Waals surface area contributed by atoms with E-state index in [1.165, 1.54) is 13.8 Å². The van der Waals surface area contributed by atoms with Crippen molar-refractivity contribution >= 4 is 51.9 Å². The third-order valence-corrected chi connectivity index (χ3v) is 5.64. The number of amides is 3. The summed E-state index contributed by atoms with van der Waals surface area (Å²) in [6, 6.07) is 3.54. The van der Waals surface area contributed by atoms with Crippen LogP contribution in [0.1, 0.15) is 31.9 Å². The van der Waals surface area contributed by atoms with Crippen LogP contribution in [-0.4, -0.2) is 34.4 Å². The molecule has 132 valence electrons. The second-order valence-electron chi connectivity index (χ2n) is 5.80. The molecular weight excluding hydrogens is 364 g/mol. The summed E-state index contributed by atoms with van der Waals surface area (Å²) in [4.78, 5) is 37.2. The van der Waals surface area contributed by atoms with Gasteiger partial charge in [0.2, 0.25) is 16.7 Å². The lowest BCUT2D eigenvalue weighted by atomic mass is 10.0. The molecule has 0 bridgehead atoms. The molecular formula is C16H17ClN4O3S. The highest BCUT2D eigenvalue weighted by Crippen LogP contribution is 2.57. The van der Waals surface area contributed by atoms with E-state index in [-0.39, 0.29) is 17.0 Å². The molecule has 0 aromatic heterocycles. The van der Waals surface area contributed by atoms with Gasteiger partial charge in [0.25, 0.3) is 5.91 Å². The molecule has 2 aliphatic rings. The molecule has 1 spiro atoms. The second-order valence-corrected chi connectivity index (χ2v) is 7.39. The van der Waals surface area contributed by atoms with E-state index in [1.54, 1.807) is 11.0 Å². The maximum atomic E-state index is 13.3. The fourth-order valence-electron chi connectivity index (χ4n) is 3.18. The van der Waals surface area contributed by atoms with Gasteiger partial charge >= 0.3 is 0 Å². The van der Waals surface area contributed by atoms with Crippen molar-refractivity contribution in [3.63, 3.8) is 0 Å². The van der Waals surface area contributed by atoms with Gasteiger partial charge in [-0.2, -0.15) is 5.01 Å². The van der Waals surface area contributed by atoms with Crippen molar-refractivity contribution in [3.05, 3.63) is 28.3 Å². The number of hydrogen-bond donors (Lipinski definition) is 1. The quantitative estimate of drug-likeness (QED) is 0.809. The van der Waals surface area contributed by atoms with Crippen LogP contribution in [0.25, 0.3) is 0 Å². The van der Waals surface area contributed by atoms with Crippen LogP contribution in [0.3, 0.4) is 0 Å². The monoisotopic (exact) mass is 380 g/mol. The van der Waals surface area contributed by atoms with Gasteiger partial charge in [-0.05, 0) is 37.2 Å². The third kappa shape index (κ3) is 2.43. The number of nitrogens with one attached hydrogen (secondary N) is 1. The van der Waals surface area contributed by atoms with Crippen molar-refractivity contribution < 1.29 is 14.4 Å². The molecule has 0 saturated carbocycles. The Bertz CT molecular complexity index is 841. The maximum Gasteiger partial charge on any atom is 0.270 e. The topological polar surface area (TPSA) is 82.1 Å². The summed E-state index contributed by atoms with van der Waals surface area (Å²) in [6.45, 7) is 6.84. The number of benzene rings is 1. The lowest BCUT2D eigenvalue weighted by Gasteiger charge is -2.29. The van der Waals surface area contributed by atoms with E-state index in [9.17, 15) is 14.4 Å². The largest absolute Gasteiger partial charge is 0.309 e. The Labute approximate surface area is 154 Å². The molecule has 0 unspecified atom stereocenters. The highest BCUT2D eigenvalue weighted by molar-refractivity contribution is 8.15. The Kier molecular flexibility index (Phi) is 4.28. The van der Waals surface area contributed by atoms with Crippen molar-refractivity contribution in [2.45, 2.75) is 32.6 Å². The molecule has 0 radical (unpaired) electrons. The van der Waals surface area contributed by atoms with Crippen LogP contribution in [0.4, 0.5) is 5.69 Å². The van der Waals surface area contributed by atoms with Crippen LogP contribution in [0.15, 0.2) is 17.2 Å². The number of thioether (sulfide) groups is 1. The lowest BCUT2D eigenvalue weighted by Crippen LogP contribution is -2.48. The van der Waals surface area contributed by atoms with Crippen LogP contribution in [0.5, 0.6) is 0 Å². The van der Waals surface area contributed by atoms with Crippen LogP contribution in [0.2, 0.25) is 5.02 Å². The number of amidine groups is 1. The molecule has 1 N–H and O–H groups in total. The zero-order valence-corrected chi connectivity index (χ0v) is 15.8. The summed E-state index contributed by atoms with van der Waals surface area (Å²) in [5.41, 5.74) is 2.10. The molecule has 3 rings (SSSR count). The van der Waals surface area contributed by atoms with E-state index in [1.807, 2.05) is 19.9 Å². The fourth-order valence-corrected chi connectivity index (χ4v) is 4.89. The predicted octanol–water partition coefficient (Wildman–Crippen LogP) is 2.17. The third-order valence-electron chi connectivity index (χ3n) is 4.10. The average Bonchev–Trinajstić information content (AvgIpc) is 3.01. The highest BCUT2D eigenvalue weighted by Gasteiger charge is 2.62. The Morgan fingerprint density at radius 2 is 2.04 bits per heavy atom. The van der Waals surface area contributed by atoms with Gasteiger partial charge < -0.3 is 10.2 Å². The van der Waals surface area contributed by atoms with Gasteiger partial charge in [0.15, 0.2) is 5.17 Å². The van der Waals surface area contributed by atoms with Crippen LogP contribution >= 0.6 is 23.4 Å². The normalized spacial score (nSPS) is 21.6. The summed E-state index contributed by atoms with van der Waals surface area (Å²) < 4.78 is 0. The van der Waals surface area contributed by atoms with E-state index in [4.69, 9.17) is 11.6 Å². The van der Waals surface area contributed by atoms with Gasteiger partial charge in [-0.25, -0.2) is 0 Å². The first kappa shape index (κ1) is 17.8. The van der Waals surface area contributed by atoms with Crippen molar-refractivity contribution in [2.75, 3.05) is 11.4 Å². The number of rotatable bonds is 1. The Morgan fingerprint density at radius 1 is 1.36 bits per heavy atom. The maximum absolute atomic E-state index is 13.3. The number of halogens is 1. The number of hydrazone groups is 1. The van der Waals surface area contributed by atoms with E-state index in [2.05, 4.69) is 10.4 Å². The average molecular weight is 381 g/mol. The van der Waals surface area contributed by atoms with Crippen LogP contribution in [-0.2, 0) is 19.3 Å². The van der Waals surface area contributed by atoms with Gasteiger partial charge in [0.1, 0.15) is 0 Å². The van der Waals surface area contributed by atoms with Gasteiger partial charge in [0.05, 0.1) is 5.69 Å². The van der Waals surface area contributed by atoms with Crippen LogP contribution < -0.4 is 10.2 Å². The van der Waals surface area contributed by atoms with Crippen molar-refractivity contribution in [3.8, 4) is 0 Å². The Morgan fingerprint density at radius 3 is 2.60 bits per heavy atom. The predicted molar refractivity (Wildman–Crippen MR) is 97.3 cm³/mol. The molecule has 7 nitrogen and oxygen atoms in total. The first-order valence-electron chi connectivity index (χ1n) is 7.71. The van der Waals surface area contributed by atoms with E-state index >= 15 is 0 Å². The van der Waals surface area contributed by atoms with Gasteiger partial charge in [-0.1, -0.05) is 17.7 Å². The minimum Gasteiger partial charge on any atom is -0.309 e. The summed E-state index contributed by atoms with van der Waals surface area (Å²) in [5.74, 6) is -1.05. The molecule has 3 amide bonds. The standard InChI is InChI=1S/C16H17ClN4O3S/c1-5-20-13-8(2)6-7-11(17)12(13)16(14(20)24)21(10(4)23)19-15(25-16)18-9(3)22/h6-7H,5H2,1-4H3,(H,18,19,22)/t16-/m0/s1. The van der Waals surface area contributed by atoms with Crippen molar-refractivity contribution in [2.24, 2.45) is 5.10 Å². The number of hydrogen-bond acceptors (Lipinski definition) is 5. The van der Waals surface area contributed by atoms with Gasteiger partial charge in [0, 0.05) is 31.0 Å². The van der Waals surface area contributed by atoms with Crippen molar-refractivity contribution in [1.82, 2.24) is 10.3 Å². The zero-order valence-electron chi connectivity index (χ0n) is 14.2. The number of anilines is 1. The number of aryl methyl sites for hydroxylation is 1. The first-order chi connectivity index (χ1) is 11.7. The minimum atomic E-state index is -1.43. The van der Waals surface area contributed by atoms with Crippen molar-refractivity contribution in [1.29, 1.82) is 0 Å². The number of carbonyl (C=O) groups is 3. The Balaban J connectivity index is 2.26. The molecule has 2 aliphatic heterocycles. The second kappa shape index (κ2) is 6.03. The Hall–Kier alpha value is -2.06. The zero-order chi connectivity index (χ0) is 18.5. The van der Waals surface area contributed by atoms with Gasteiger partial charge in [-0.3, -0.25) is 14.4 Å². The molecule has 2 heterocycles. The molecule has 25 heavy (non-hydrogen) atoms. The van der Waals surface area contributed by atoms with Gasteiger partial charge in [-0.15, -0.1) is 5.10 Å². The summed E-state index contributed by atoms with van der Waals surface area (Å²) in [6.07, 6.45) is 0. The summed E-state index contributed by atoms with van der Waals surface area (Å²) in [7, 11) is 0. The number of nitrogens with zero attached hydrogens (tertiary/aromatic N) is 3. The molecule has 1 aromatic carbocycles. The molecule has 9 heteroatoms. The molecule has 0 saturated heterocycles. The SMILES string of the molecule is CCN1C(=O)[C@@]2(SC(NC(C)=O)=NN2C(C)=O)c2c(Cl)ccc(C)c21. The highest BCUT2D eigenvalue weighted by atomic mass is 35.5. The van der Waals surface area contributed by atoms with Crippen LogP contribution in [0, 0.1) is 6.92 Å². The minimum absolute atomic E-state index is 0.192. The molecule has 0 aliphatic carbocycles. The molecule has 1 atom stereocenters. The summed E-state index contributed by atoms with van der Waals surface area (Å²) in [5, 5.41) is 8.43. The number of carbonyl (C=O) groups excluding carboxylic acids is 3. The molecule has 0 fully saturated rings. The lowest BCUT2D eigenvalue weighted by molar-refractivity contribution is -0.139. The summed E-state index contributed by atoms with van der Waals surface area (Å²) >= 11 is 7.48. The fraction of sp³-hybridized carbons (Fsp3) is 0.375. The smallest absolute Gasteiger partial charge is 0.270 e. The van der Waals surface area contributed by atoms with E-state index < -0.39 is 10.8 Å². The first-order valence-corrected chi connectivity index (χ1v) is 8.91. The number of likely N-dealkylation sites (N-methyl/N-ethyl adjacent to an activating group) is 1.